The lowest BCUT2D eigenvalue weighted by Crippen LogP contribution is -2.13. The van der Waals surface area contributed by atoms with Crippen LogP contribution < -0.4 is 5.73 Å². The number of pyridine rings is 1. The lowest BCUT2D eigenvalue weighted by Gasteiger charge is -2.17. The fourth-order valence-corrected chi connectivity index (χ4v) is 1.98. The average Bonchev–Trinajstić information content (AvgIpc) is 2.01. The topological polar surface area (TPSA) is 62.8 Å². The second kappa shape index (κ2) is 4.00. The molecule has 76 valence electrons. The van der Waals surface area contributed by atoms with E-state index in [9.17, 15) is 0 Å². The highest BCUT2D eigenvalue weighted by Crippen LogP contribution is 2.31. The van der Waals surface area contributed by atoms with Gasteiger partial charge in [-0.15, -0.1) is 11.8 Å². The summed E-state index contributed by atoms with van der Waals surface area (Å²) in [5, 5.41) is 7.27. The lowest BCUT2D eigenvalue weighted by atomic mass is 10.3. The largest absolute Gasteiger partial charge is 0.382 e. The molecule has 0 saturated carbocycles. The first-order chi connectivity index (χ1) is 6.38. The summed E-state index contributed by atoms with van der Waals surface area (Å²) in [6, 6.07) is 3.78. The Morgan fingerprint density at radius 2 is 2.14 bits per heavy atom. The van der Waals surface area contributed by atoms with Crippen LogP contribution in [0.5, 0.6) is 0 Å². The molecule has 0 aliphatic heterocycles. The second-order valence-electron chi connectivity index (χ2n) is 4.00. The first-order valence-electron chi connectivity index (χ1n) is 4.38. The highest BCUT2D eigenvalue weighted by Gasteiger charge is 2.12. The van der Waals surface area contributed by atoms with E-state index in [0.717, 1.165) is 4.90 Å². The Kier molecular flexibility index (Phi) is 3.16. The van der Waals surface area contributed by atoms with Gasteiger partial charge >= 0.3 is 0 Å². The van der Waals surface area contributed by atoms with Gasteiger partial charge in [-0.2, -0.15) is 0 Å². The van der Waals surface area contributed by atoms with Crippen LogP contribution in [0.1, 0.15) is 26.5 Å². The van der Waals surface area contributed by atoms with Crippen molar-refractivity contribution in [3.63, 3.8) is 0 Å². The summed E-state index contributed by atoms with van der Waals surface area (Å²) in [5.74, 6) is 0.0151. The summed E-state index contributed by atoms with van der Waals surface area (Å²) in [6.07, 6.45) is 1.69. The molecule has 0 saturated heterocycles. The Morgan fingerprint density at radius 1 is 1.50 bits per heavy atom. The minimum Gasteiger partial charge on any atom is -0.382 e. The lowest BCUT2D eigenvalue weighted by molar-refractivity contribution is 0.802. The molecule has 1 rings (SSSR count). The smallest absolute Gasteiger partial charge is 0.141 e. The molecular formula is C10H15N3S. The van der Waals surface area contributed by atoms with E-state index in [0.29, 0.717) is 5.69 Å². The van der Waals surface area contributed by atoms with Crippen molar-refractivity contribution in [1.29, 1.82) is 5.41 Å². The zero-order valence-corrected chi connectivity index (χ0v) is 9.48. The number of thioether (sulfide) groups is 1. The van der Waals surface area contributed by atoms with E-state index in [1.165, 1.54) is 0 Å². The van der Waals surface area contributed by atoms with Crippen LogP contribution in [0.15, 0.2) is 23.2 Å². The quantitative estimate of drug-likeness (QED) is 0.446. The summed E-state index contributed by atoms with van der Waals surface area (Å²) in [7, 11) is 0. The fraction of sp³-hybridized carbons (Fsp3) is 0.400. The van der Waals surface area contributed by atoms with Crippen molar-refractivity contribution >= 4 is 17.6 Å². The number of nitrogens with two attached hydrogens (primary N) is 1. The van der Waals surface area contributed by atoms with Gasteiger partial charge in [0.2, 0.25) is 0 Å². The van der Waals surface area contributed by atoms with E-state index in [-0.39, 0.29) is 10.6 Å². The molecule has 1 aromatic rings. The van der Waals surface area contributed by atoms with Crippen molar-refractivity contribution in [2.24, 2.45) is 5.73 Å². The number of nitrogen functional groups attached to an aromatic ring is 1. The Bertz CT molecular complexity index is 341. The molecule has 3 N–H and O–H groups in total. The van der Waals surface area contributed by atoms with Gasteiger partial charge in [-0.25, -0.2) is 0 Å². The Morgan fingerprint density at radius 3 is 2.64 bits per heavy atom. The highest BCUT2D eigenvalue weighted by atomic mass is 32.2. The van der Waals surface area contributed by atoms with Crippen LogP contribution in [0.4, 0.5) is 0 Å². The molecule has 0 spiro atoms. The van der Waals surface area contributed by atoms with E-state index in [4.69, 9.17) is 11.1 Å². The van der Waals surface area contributed by atoms with Crippen LogP contribution in [0.2, 0.25) is 0 Å². The average molecular weight is 209 g/mol. The molecule has 0 radical (unpaired) electrons. The third-order valence-corrected chi connectivity index (χ3v) is 2.53. The van der Waals surface area contributed by atoms with Crippen LogP contribution in [0, 0.1) is 5.41 Å². The van der Waals surface area contributed by atoms with Gasteiger partial charge in [0.25, 0.3) is 0 Å². The van der Waals surface area contributed by atoms with Crippen LogP contribution in [0.25, 0.3) is 0 Å². The van der Waals surface area contributed by atoms with E-state index in [1.807, 2.05) is 12.1 Å². The van der Waals surface area contributed by atoms with Gasteiger partial charge < -0.3 is 5.73 Å². The van der Waals surface area contributed by atoms with Crippen molar-refractivity contribution in [2.75, 3.05) is 0 Å². The van der Waals surface area contributed by atoms with Crippen molar-refractivity contribution in [2.45, 2.75) is 30.4 Å². The van der Waals surface area contributed by atoms with E-state index >= 15 is 0 Å². The number of nitrogens with zero attached hydrogens (tertiary/aromatic N) is 1. The molecule has 4 heteroatoms. The predicted molar refractivity (Wildman–Crippen MR) is 60.9 cm³/mol. The summed E-state index contributed by atoms with van der Waals surface area (Å²) in [5.41, 5.74) is 5.90. The molecule has 0 fully saturated rings. The van der Waals surface area contributed by atoms with Gasteiger partial charge in [0.05, 0.1) is 0 Å². The Labute approximate surface area is 88.6 Å². The summed E-state index contributed by atoms with van der Waals surface area (Å²) < 4.78 is 0.162. The SMILES string of the molecule is CC(C)(C)Sc1ccnc(C(=N)N)c1. The molecule has 0 aliphatic rings. The highest BCUT2D eigenvalue weighted by molar-refractivity contribution is 8.00. The molecule has 0 aromatic carbocycles. The van der Waals surface area contributed by atoms with Gasteiger partial charge in [-0.1, -0.05) is 20.8 Å². The minimum absolute atomic E-state index is 0.0151. The van der Waals surface area contributed by atoms with Gasteiger partial charge in [-0.05, 0) is 12.1 Å². The summed E-state index contributed by atoms with van der Waals surface area (Å²) in [6.45, 7) is 6.43. The number of amidine groups is 1. The monoisotopic (exact) mass is 209 g/mol. The first-order valence-corrected chi connectivity index (χ1v) is 5.19. The second-order valence-corrected chi connectivity index (χ2v) is 5.91. The molecule has 0 unspecified atom stereocenters. The number of hydrogen-bond donors (Lipinski definition) is 2. The third kappa shape index (κ3) is 3.38. The normalized spacial score (nSPS) is 11.4. The van der Waals surface area contributed by atoms with Crippen molar-refractivity contribution in [3.8, 4) is 0 Å². The first kappa shape index (κ1) is 11.0. The number of nitrogens with one attached hydrogen (secondary N) is 1. The third-order valence-electron chi connectivity index (χ3n) is 1.43. The summed E-state index contributed by atoms with van der Waals surface area (Å²) >= 11 is 1.74. The molecule has 3 nitrogen and oxygen atoms in total. The van der Waals surface area contributed by atoms with E-state index < -0.39 is 0 Å². The van der Waals surface area contributed by atoms with Crippen molar-refractivity contribution in [1.82, 2.24) is 4.98 Å². The van der Waals surface area contributed by atoms with E-state index in [1.54, 1.807) is 18.0 Å². The maximum absolute atomic E-state index is 7.27. The van der Waals surface area contributed by atoms with Crippen LogP contribution >= 0.6 is 11.8 Å². The molecule has 0 aliphatic carbocycles. The van der Waals surface area contributed by atoms with Gasteiger partial charge in [0.1, 0.15) is 11.5 Å². The van der Waals surface area contributed by atoms with Gasteiger partial charge in [0, 0.05) is 15.8 Å². The molecule has 1 heterocycles. The molecule has 14 heavy (non-hydrogen) atoms. The molecular weight excluding hydrogens is 194 g/mol. The predicted octanol–water partition coefficient (Wildman–Crippen LogP) is 2.26. The minimum atomic E-state index is 0.0151. The zero-order valence-electron chi connectivity index (χ0n) is 8.66. The maximum Gasteiger partial charge on any atom is 0.141 e. The van der Waals surface area contributed by atoms with E-state index in [2.05, 4.69) is 25.8 Å². The number of aromatic nitrogens is 1. The molecule has 0 amide bonds. The summed E-state index contributed by atoms with van der Waals surface area (Å²) in [4.78, 5) is 5.10. The zero-order chi connectivity index (χ0) is 10.8. The molecule has 0 atom stereocenters. The van der Waals surface area contributed by atoms with Gasteiger partial charge in [0.15, 0.2) is 0 Å². The molecule has 1 aromatic heterocycles. The van der Waals surface area contributed by atoms with Crippen molar-refractivity contribution < 1.29 is 0 Å². The number of rotatable bonds is 2. The Hall–Kier alpha value is -1.03. The maximum atomic E-state index is 7.27. The van der Waals surface area contributed by atoms with Gasteiger partial charge in [-0.3, -0.25) is 10.4 Å². The van der Waals surface area contributed by atoms with Crippen LogP contribution in [-0.2, 0) is 0 Å². The number of hydrogen-bond acceptors (Lipinski definition) is 3. The van der Waals surface area contributed by atoms with Crippen LogP contribution in [-0.4, -0.2) is 15.6 Å². The molecule has 0 bridgehead atoms. The van der Waals surface area contributed by atoms with Crippen molar-refractivity contribution in [3.05, 3.63) is 24.0 Å². The van der Waals surface area contributed by atoms with Crippen LogP contribution in [0.3, 0.4) is 0 Å². The standard InChI is InChI=1S/C10H15N3S/c1-10(2,3)14-7-4-5-13-8(6-7)9(11)12/h4-6H,1-3H3,(H3,11,12). The Balaban J connectivity index is 2.89. The fourth-order valence-electron chi connectivity index (χ4n) is 0.975.